The third kappa shape index (κ3) is 4.14. The molecule has 2 aliphatic heterocycles. The van der Waals surface area contributed by atoms with Gasteiger partial charge in [-0.05, 0) is 35.2 Å². The zero-order valence-electron chi connectivity index (χ0n) is 14.4. The van der Waals surface area contributed by atoms with Gasteiger partial charge in [0.25, 0.3) is 0 Å². The number of aliphatic imine (C=N–C) groups is 1. The number of rotatable bonds is 4. The SMILES string of the molecule is CCc1ccc(C2=NNC(=NCc3ccc4c(c3)OCO4)SC2)cc1.Cl. The molecular formula is C19H20ClN3O2S. The van der Waals surface area contributed by atoms with Crippen LogP contribution in [0, 0.1) is 0 Å². The van der Waals surface area contributed by atoms with Crippen LogP contribution >= 0.6 is 24.2 Å². The van der Waals surface area contributed by atoms with Gasteiger partial charge >= 0.3 is 0 Å². The van der Waals surface area contributed by atoms with Crippen LogP contribution in [0.25, 0.3) is 0 Å². The molecule has 2 heterocycles. The summed E-state index contributed by atoms with van der Waals surface area (Å²) < 4.78 is 10.7. The highest BCUT2D eigenvalue weighted by Crippen LogP contribution is 2.32. The molecular weight excluding hydrogens is 370 g/mol. The van der Waals surface area contributed by atoms with Crippen LogP contribution in [0.1, 0.15) is 23.6 Å². The highest BCUT2D eigenvalue weighted by molar-refractivity contribution is 8.14. The normalized spacial score (nSPS) is 16.7. The van der Waals surface area contributed by atoms with Crippen molar-refractivity contribution >= 4 is 35.0 Å². The minimum Gasteiger partial charge on any atom is -0.454 e. The topological polar surface area (TPSA) is 55.2 Å². The van der Waals surface area contributed by atoms with E-state index in [9.17, 15) is 0 Å². The van der Waals surface area contributed by atoms with Gasteiger partial charge in [-0.2, -0.15) is 5.10 Å². The van der Waals surface area contributed by atoms with Gasteiger partial charge in [0.15, 0.2) is 16.7 Å². The lowest BCUT2D eigenvalue weighted by Gasteiger charge is -2.15. The van der Waals surface area contributed by atoms with Crippen molar-refractivity contribution in [3.63, 3.8) is 0 Å². The fourth-order valence-electron chi connectivity index (χ4n) is 2.68. The number of benzene rings is 2. The van der Waals surface area contributed by atoms with Crippen molar-refractivity contribution in [2.75, 3.05) is 12.5 Å². The molecule has 0 spiro atoms. The van der Waals surface area contributed by atoms with E-state index in [2.05, 4.69) is 46.7 Å². The number of nitrogens with zero attached hydrogens (tertiary/aromatic N) is 2. The van der Waals surface area contributed by atoms with E-state index in [1.807, 2.05) is 18.2 Å². The Morgan fingerprint density at radius 2 is 1.85 bits per heavy atom. The Morgan fingerprint density at radius 1 is 1.08 bits per heavy atom. The minimum absolute atomic E-state index is 0. The second kappa shape index (κ2) is 8.47. The van der Waals surface area contributed by atoms with E-state index in [1.54, 1.807) is 11.8 Å². The molecule has 0 atom stereocenters. The molecule has 7 heteroatoms. The number of hydrazone groups is 1. The van der Waals surface area contributed by atoms with E-state index < -0.39 is 0 Å². The molecule has 136 valence electrons. The number of hydrogen-bond donors (Lipinski definition) is 1. The molecule has 0 saturated carbocycles. The maximum atomic E-state index is 5.40. The van der Waals surface area contributed by atoms with Crippen LogP contribution in [0.15, 0.2) is 52.6 Å². The van der Waals surface area contributed by atoms with E-state index in [1.165, 1.54) is 5.56 Å². The molecule has 4 rings (SSSR count). The summed E-state index contributed by atoms with van der Waals surface area (Å²) in [6.45, 7) is 3.04. The Labute approximate surface area is 163 Å². The first kappa shape index (κ1) is 18.6. The van der Waals surface area contributed by atoms with Gasteiger partial charge in [0.2, 0.25) is 6.79 Å². The molecule has 0 aromatic heterocycles. The number of halogens is 1. The first-order chi connectivity index (χ1) is 12.3. The first-order valence-corrected chi connectivity index (χ1v) is 9.28. The molecule has 0 bridgehead atoms. The second-order valence-electron chi connectivity index (χ2n) is 5.82. The number of thioether (sulfide) groups is 1. The number of aryl methyl sites for hydroxylation is 1. The van der Waals surface area contributed by atoms with Gasteiger partial charge in [0.05, 0.1) is 12.3 Å². The van der Waals surface area contributed by atoms with Crippen LogP contribution in [-0.4, -0.2) is 23.4 Å². The van der Waals surface area contributed by atoms with Gasteiger partial charge in [-0.25, -0.2) is 0 Å². The maximum absolute atomic E-state index is 5.40. The zero-order valence-corrected chi connectivity index (χ0v) is 16.0. The van der Waals surface area contributed by atoms with Crippen molar-refractivity contribution in [1.82, 2.24) is 5.43 Å². The third-order valence-electron chi connectivity index (χ3n) is 4.17. The summed E-state index contributed by atoms with van der Waals surface area (Å²) in [6, 6.07) is 14.5. The van der Waals surface area contributed by atoms with Crippen molar-refractivity contribution < 1.29 is 9.47 Å². The lowest BCUT2D eigenvalue weighted by atomic mass is 10.1. The maximum Gasteiger partial charge on any atom is 0.231 e. The lowest BCUT2D eigenvalue weighted by Crippen LogP contribution is -2.25. The summed E-state index contributed by atoms with van der Waals surface area (Å²) >= 11 is 1.67. The van der Waals surface area contributed by atoms with Gasteiger partial charge in [-0.3, -0.25) is 10.4 Å². The zero-order chi connectivity index (χ0) is 17.1. The average Bonchev–Trinajstić information content (AvgIpc) is 3.15. The van der Waals surface area contributed by atoms with Crippen molar-refractivity contribution in [1.29, 1.82) is 0 Å². The fourth-order valence-corrected chi connectivity index (χ4v) is 3.45. The van der Waals surface area contributed by atoms with Crippen LogP contribution in [0.5, 0.6) is 11.5 Å². The van der Waals surface area contributed by atoms with Crippen LogP contribution < -0.4 is 14.9 Å². The van der Waals surface area contributed by atoms with E-state index in [0.29, 0.717) is 13.3 Å². The Bertz CT molecular complexity index is 837. The number of amidine groups is 1. The Balaban J connectivity index is 0.00000196. The van der Waals surface area contributed by atoms with E-state index in [-0.39, 0.29) is 12.4 Å². The van der Waals surface area contributed by atoms with E-state index in [4.69, 9.17) is 9.47 Å². The average molecular weight is 390 g/mol. The second-order valence-corrected chi connectivity index (χ2v) is 6.78. The molecule has 0 radical (unpaired) electrons. The summed E-state index contributed by atoms with van der Waals surface area (Å²) in [5.74, 6) is 2.40. The number of ether oxygens (including phenoxy) is 2. The highest BCUT2D eigenvalue weighted by Gasteiger charge is 2.15. The van der Waals surface area contributed by atoms with Gasteiger partial charge in [0.1, 0.15) is 0 Å². The van der Waals surface area contributed by atoms with Gasteiger partial charge in [0, 0.05) is 5.75 Å². The molecule has 0 fully saturated rings. The van der Waals surface area contributed by atoms with Crippen molar-refractivity contribution in [2.45, 2.75) is 19.9 Å². The molecule has 1 N–H and O–H groups in total. The molecule has 2 aromatic carbocycles. The summed E-state index contributed by atoms with van der Waals surface area (Å²) in [5, 5.41) is 5.32. The van der Waals surface area contributed by atoms with Crippen LogP contribution in [-0.2, 0) is 13.0 Å². The van der Waals surface area contributed by atoms with Crippen molar-refractivity contribution in [2.24, 2.45) is 10.1 Å². The molecule has 0 saturated heterocycles. The smallest absolute Gasteiger partial charge is 0.231 e. The molecule has 5 nitrogen and oxygen atoms in total. The van der Waals surface area contributed by atoms with Crippen molar-refractivity contribution in [3.8, 4) is 11.5 Å². The molecule has 2 aromatic rings. The molecule has 2 aliphatic rings. The quantitative estimate of drug-likeness (QED) is 0.858. The largest absolute Gasteiger partial charge is 0.454 e. The molecule has 0 unspecified atom stereocenters. The van der Waals surface area contributed by atoms with E-state index in [0.717, 1.165) is 45.7 Å². The number of nitrogens with one attached hydrogen (secondary N) is 1. The summed E-state index contributed by atoms with van der Waals surface area (Å²) in [7, 11) is 0. The van der Waals surface area contributed by atoms with Gasteiger partial charge < -0.3 is 9.47 Å². The summed E-state index contributed by atoms with van der Waals surface area (Å²) in [6.07, 6.45) is 1.05. The summed E-state index contributed by atoms with van der Waals surface area (Å²) in [4.78, 5) is 4.60. The molecule has 0 amide bonds. The van der Waals surface area contributed by atoms with Gasteiger partial charge in [-0.15, -0.1) is 12.4 Å². The fraction of sp³-hybridized carbons (Fsp3) is 0.263. The van der Waals surface area contributed by atoms with Crippen LogP contribution in [0.4, 0.5) is 0 Å². The summed E-state index contributed by atoms with van der Waals surface area (Å²) in [5.41, 5.74) is 7.70. The molecule has 26 heavy (non-hydrogen) atoms. The Morgan fingerprint density at radius 3 is 2.58 bits per heavy atom. The standard InChI is InChI=1S/C19H19N3O2S.ClH/c1-2-13-3-6-15(7-4-13)16-11-25-19(22-21-16)20-10-14-5-8-17-18(9-14)24-12-23-17;/h3-9H,2,10-12H2,1H3,(H,20,22);1H. The van der Waals surface area contributed by atoms with E-state index >= 15 is 0 Å². The van der Waals surface area contributed by atoms with Crippen LogP contribution in [0.2, 0.25) is 0 Å². The number of hydrogen-bond acceptors (Lipinski definition) is 5. The van der Waals surface area contributed by atoms with Crippen molar-refractivity contribution in [3.05, 3.63) is 59.2 Å². The van der Waals surface area contributed by atoms with Crippen LogP contribution in [0.3, 0.4) is 0 Å². The lowest BCUT2D eigenvalue weighted by molar-refractivity contribution is 0.174. The predicted molar refractivity (Wildman–Crippen MR) is 109 cm³/mol. The monoisotopic (exact) mass is 389 g/mol. The number of fused-ring (bicyclic) bond motifs is 1. The Hall–Kier alpha value is -2.18. The first-order valence-electron chi connectivity index (χ1n) is 8.29. The highest BCUT2D eigenvalue weighted by atomic mass is 35.5. The predicted octanol–water partition coefficient (Wildman–Crippen LogP) is 4.00. The molecule has 0 aliphatic carbocycles. The minimum atomic E-state index is 0. The Kier molecular flexibility index (Phi) is 6.06. The third-order valence-corrected chi connectivity index (χ3v) is 5.08. The van der Waals surface area contributed by atoms with Gasteiger partial charge in [-0.1, -0.05) is 49.0 Å².